The van der Waals surface area contributed by atoms with Crippen molar-refractivity contribution in [2.24, 2.45) is 0 Å². The van der Waals surface area contributed by atoms with E-state index >= 15 is 0 Å². The molecule has 43 heavy (non-hydrogen) atoms. The van der Waals surface area contributed by atoms with Gasteiger partial charge in [0.1, 0.15) is 28.9 Å². The maximum Gasteiger partial charge on any atom is 0.349 e. The van der Waals surface area contributed by atoms with Gasteiger partial charge in [0, 0.05) is 55.3 Å². The number of nitrogens with one attached hydrogen (secondary N) is 1. The van der Waals surface area contributed by atoms with Crippen LogP contribution in [0.15, 0.2) is 33.5 Å². The number of anilines is 1. The molecule has 9 nitrogen and oxygen atoms in total. The lowest BCUT2D eigenvalue weighted by atomic mass is 9.95. The summed E-state index contributed by atoms with van der Waals surface area (Å²) in [5, 5.41) is 14.7. The summed E-state index contributed by atoms with van der Waals surface area (Å²) >= 11 is 0. The fourth-order valence-corrected chi connectivity index (χ4v) is 6.44. The third-order valence-corrected chi connectivity index (χ3v) is 8.46. The lowest BCUT2D eigenvalue weighted by Gasteiger charge is -2.29. The van der Waals surface area contributed by atoms with Crippen molar-refractivity contribution in [1.29, 1.82) is 0 Å². The molecule has 2 atom stereocenters. The van der Waals surface area contributed by atoms with Gasteiger partial charge in [0.05, 0.1) is 18.2 Å². The number of ether oxygens (including phenoxy) is 1. The summed E-state index contributed by atoms with van der Waals surface area (Å²) < 4.78 is 38.3. The van der Waals surface area contributed by atoms with E-state index in [4.69, 9.17) is 15.6 Å². The van der Waals surface area contributed by atoms with Crippen molar-refractivity contribution < 1.29 is 23.0 Å². The first-order valence-corrected chi connectivity index (χ1v) is 14.4. The first-order chi connectivity index (χ1) is 20.8. The van der Waals surface area contributed by atoms with Crippen LogP contribution in [0.25, 0.3) is 33.0 Å². The highest BCUT2D eigenvalue weighted by Crippen LogP contribution is 2.39. The van der Waals surface area contributed by atoms with E-state index in [9.17, 15) is 18.7 Å². The number of rotatable bonds is 3. The molecule has 0 saturated carbocycles. The predicted octanol–water partition coefficient (Wildman–Crippen LogP) is 4.15. The highest BCUT2D eigenvalue weighted by Gasteiger charge is 2.34. The molecule has 5 heterocycles. The summed E-state index contributed by atoms with van der Waals surface area (Å²) in [6.45, 7) is 6.38. The Kier molecular flexibility index (Phi) is 7.90. The molecule has 3 saturated heterocycles. The normalized spacial score (nSPS) is 20.1. The molecule has 0 aliphatic carbocycles. The second kappa shape index (κ2) is 11.8. The van der Waals surface area contributed by atoms with E-state index in [1.807, 2.05) is 4.90 Å². The van der Waals surface area contributed by atoms with E-state index in [0.29, 0.717) is 58.9 Å². The minimum Gasteiger partial charge on any atom is -0.508 e. The minimum atomic E-state index is -0.651. The van der Waals surface area contributed by atoms with Crippen LogP contribution in [0.3, 0.4) is 0 Å². The summed E-state index contributed by atoms with van der Waals surface area (Å²) in [5.41, 5.74) is 0.506. The van der Waals surface area contributed by atoms with Crippen LogP contribution in [0, 0.1) is 25.1 Å². The monoisotopic (exact) mass is 589 g/mol. The van der Waals surface area contributed by atoms with E-state index < -0.39 is 17.6 Å². The van der Waals surface area contributed by atoms with Crippen LogP contribution in [0.1, 0.15) is 30.4 Å². The van der Waals surface area contributed by atoms with Gasteiger partial charge in [-0.1, -0.05) is 12.0 Å². The first-order valence-electron chi connectivity index (χ1n) is 14.4. The summed E-state index contributed by atoms with van der Waals surface area (Å²) in [6.07, 6.45) is 8.42. The molecule has 0 radical (unpaired) electrons. The number of hydrogen-bond acceptors (Lipinski definition) is 9. The highest BCUT2D eigenvalue weighted by molar-refractivity contribution is 6.03. The number of aromatic nitrogens is 2. The molecule has 2 N–H and O–H groups in total. The van der Waals surface area contributed by atoms with Gasteiger partial charge >= 0.3 is 11.6 Å². The smallest absolute Gasteiger partial charge is 0.349 e. The van der Waals surface area contributed by atoms with Gasteiger partial charge in [-0.2, -0.15) is 9.97 Å². The molecule has 3 fully saturated rings. The fraction of sp³-hybridized carbons (Fsp3) is 0.406. The maximum absolute atomic E-state index is 14.6. The number of alkyl halides is 1. The number of phenolic OH excluding ortho intramolecular Hbond substituents is 1. The first kappa shape index (κ1) is 28.8. The Morgan fingerprint density at radius 3 is 2.70 bits per heavy atom. The van der Waals surface area contributed by atoms with Crippen LogP contribution < -0.4 is 20.6 Å². The number of piperazine rings is 1. The molecule has 2 aromatic heterocycles. The molecule has 11 heteroatoms. The van der Waals surface area contributed by atoms with Crippen molar-refractivity contribution in [3.63, 3.8) is 0 Å². The standard InChI is InChI=1S/C25H21FN4O4.C7H12FN/c1-4-16-18(26)6-5-14-11-15(31)12-17(19(14)16)22-13(2)21-20(24(32)34-22)23(29-25(28-21)33-3)30-9-7-27-8-10-30;8-6-4-7-2-1-3-9(7)5-6/h1,5-6,11-12,27,31H,7-10H2,2-3H3;6-7H,1-5H2. The summed E-state index contributed by atoms with van der Waals surface area (Å²) in [5.74, 6) is 2.27. The van der Waals surface area contributed by atoms with Gasteiger partial charge in [0.2, 0.25) is 0 Å². The topological polar surface area (TPSA) is 104 Å². The van der Waals surface area contributed by atoms with Crippen LogP contribution >= 0.6 is 0 Å². The number of fused-ring (bicyclic) bond motifs is 3. The summed E-state index contributed by atoms with van der Waals surface area (Å²) in [6, 6.07) is 6.34. The molecule has 2 unspecified atom stereocenters. The second-order valence-corrected chi connectivity index (χ2v) is 11.1. The van der Waals surface area contributed by atoms with Crippen LogP contribution in [-0.4, -0.2) is 78.6 Å². The Balaban J connectivity index is 0.000000310. The second-order valence-electron chi connectivity index (χ2n) is 11.1. The molecule has 0 bridgehead atoms. The Hall–Kier alpha value is -4.27. The maximum atomic E-state index is 14.6. The largest absolute Gasteiger partial charge is 0.508 e. The number of hydrogen-bond donors (Lipinski definition) is 2. The predicted molar refractivity (Wildman–Crippen MR) is 161 cm³/mol. The Morgan fingerprint density at radius 2 is 1.98 bits per heavy atom. The van der Waals surface area contributed by atoms with Gasteiger partial charge in [-0.25, -0.2) is 13.6 Å². The molecule has 0 amide bonds. The summed E-state index contributed by atoms with van der Waals surface area (Å²) in [4.78, 5) is 26.5. The SMILES string of the molecule is C#Cc1c(F)ccc2cc(O)cc(-c3oc(=O)c4c(N5CCNCC5)nc(OC)nc4c3C)c12.FC1CC2CCCN2C1. The van der Waals surface area contributed by atoms with E-state index in [1.54, 1.807) is 6.92 Å². The average Bonchev–Trinajstić information content (AvgIpc) is 3.60. The van der Waals surface area contributed by atoms with Crippen LogP contribution in [0.2, 0.25) is 0 Å². The van der Waals surface area contributed by atoms with Gasteiger partial charge in [-0.3, -0.25) is 4.90 Å². The van der Waals surface area contributed by atoms with Crippen molar-refractivity contribution in [1.82, 2.24) is 20.2 Å². The van der Waals surface area contributed by atoms with Crippen molar-refractivity contribution in [2.75, 3.05) is 51.3 Å². The van der Waals surface area contributed by atoms with Gasteiger partial charge in [-0.05, 0) is 56.3 Å². The minimum absolute atomic E-state index is 0.0106. The zero-order chi connectivity index (χ0) is 30.2. The molecule has 3 aliphatic rings. The van der Waals surface area contributed by atoms with Gasteiger partial charge in [-0.15, -0.1) is 6.42 Å². The van der Waals surface area contributed by atoms with Crippen LogP contribution in [0.4, 0.5) is 14.6 Å². The number of methoxy groups -OCH3 is 1. The van der Waals surface area contributed by atoms with Crippen LogP contribution in [0.5, 0.6) is 11.8 Å². The van der Waals surface area contributed by atoms with Crippen molar-refractivity contribution in [3.8, 4) is 35.4 Å². The van der Waals surface area contributed by atoms with Crippen molar-refractivity contribution >= 4 is 27.5 Å². The zero-order valence-corrected chi connectivity index (χ0v) is 24.1. The fourth-order valence-electron chi connectivity index (χ4n) is 6.44. The molecule has 224 valence electrons. The number of benzene rings is 2. The lowest BCUT2D eigenvalue weighted by Crippen LogP contribution is -2.44. The van der Waals surface area contributed by atoms with Gasteiger partial charge < -0.3 is 24.5 Å². The Morgan fingerprint density at radius 1 is 1.19 bits per heavy atom. The molecular formula is C32H33F2N5O4. The third kappa shape index (κ3) is 5.37. The number of phenols is 1. The van der Waals surface area contributed by atoms with E-state index in [2.05, 4.69) is 26.1 Å². The Bertz CT molecular complexity index is 1790. The molecule has 0 spiro atoms. The Labute approximate surface area is 247 Å². The van der Waals surface area contributed by atoms with E-state index in [0.717, 1.165) is 26.1 Å². The quantitative estimate of drug-likeness (QED) is 0.341. The number of terminal acetylenes is 1. The number of nitrogens with zero attached hydrogens (tertiary/aromatic N) is 4. The zero-order valence-electron chi connectivity index (χ0n) is 24.1. The summed E-state index contributed by atoms with van der Waals surface area (Å²) in [7, 11) is 1.45. The third-order valence-electron chi connectivity index (χ3n) is 8.46. The van der Waals surface area contributed by atoms with Gasteiger partial charge in [0.15, 0.2) is 5.82 Å². The van der Waals surface area contributed by atoms with E-state index in [-0.39, 0.29) is 28.5 Å². The van der Waals surface area contributed by atoms with Crippen molar-refractivity contribution in [3.05, 3.63) is 51.6 Å². The number of halogens is 2. The molecule has 3 aliphatic heterocycles. The average molecular weight is 590 g/mol. The van der Waals surface area contributed by atoms with Gasteiger partial charge in [0.25, 0.3) is 0 Å². The number of aryl methyl sites for hydroxylation is 1. The molecule has 2 aromatic carbocycles. The van der Waals surface area contributed by atoms with E-state index in [1.165, 1.54) is 44.2 Å². The van der Waals surface area contributed by atoms with Crippen LogP contribution in [-0.2, 0) is 0 Å². The number of aromatic hydroxyl groups is 1. The molecule has 4 aromatic rings. The lowest BCUT2D eigenvalue weighted by molar-refractivity contribution is 0.292. The molecular weight excluding hydrogens is 556 g/mol. The molecule has 7 rings (SSSR count). The highest BCUT2D eigenvalue weighted by atomic mass is 19.1. The van der Waals surface area contributed by atoms with Crippen molar-refractivity contribution in [2.45, 2.75) is 38.4 Å².